The average molecular weight is 383 g/mol. The number of hydrogen-bond acceptors (Lipinski definition) is 5. The number of nitrogens with zero attached hydrogens (tertiary/aromatic N) is 1. The van der Waals surface area contributed by atoms with Crippen LogP contribution in [-0.4, -0.2) is 72.3 Å². The number of aliphatic carboxylic acids is 1. The van der Waals surface area contributed by atoms with E-state index < -0.39 is 30.1 Å². The first kappa shape index (κ1) is 18.6. The summed E-state index contributed by atoms with van der Waals surface area (Å²) < 4.78 is 10.1. The van der Waals surface area contributed by atoms with Crippen LogP contribution < -0.4 is 5.32 Å². The van der Waals surface area contributed by atoms with Gasteiger partial charge in [0, 0.05) is 24.5 Å². The van der Waals surface area contributed by atoms with Crippen molar-refractivity contribution in [1.29, 1.82) is 0 Å². The number of nitrogens with one attached hydrogen (secondary N) is 1. The minimum absolute atomic E-state index is 0.232. The van der Waals surface area contributed by atoms with Crippen LogP contribution in [0.25, 0.3) is 0 Å². The minimum Gasteiger partial charge on any atom is -0.479 e. The fraction of sp³-hybridized carbons (Fsp3) is 0.471. The summed E-state index contributed by atoms with van der Waals surface area (Å²) in [5.74, 6) is -2.03. The van der Waals surface area contributed by atoms with Gasteiger partial charge in [-0.3, -0.25) is 9.59 Å². The van der Waals surface area contributed by atoms with E-state index >= 15 is 0 Å². The fourth-order valence-corrected chi connectivity index (χ4v) is 2.94. The van der Waals surface area contributed by atoms with E-state index in [4.69, 9.17) is 26.2 Å². The monoisotopic (exact) mass is 382 g/mol. The molecule has 3 rings (SSSR count). The van der Waals surface area contributed by atoms with Gasteiger partial charge in [-0.15, -0.1) is 0 Å². The highest BCUT2D eigenvalue weighted by Gasteiger charge is 2.51. The third-order valence-corrected chi connectivity index (χ3v) is 4.54. The first-order chi connectivity index (χ1) is 12.5. The Kier molecular flexibility index (Phi) is 5.75. The van der Waals surface area contributed by atoms with E-state index in [1.54, 1.807) is 29.2 Å². The fourth-order valence-electron chi connectivity index (χ4n) is 2.81. The molecule has 2 amide bonds. The number of ether oxygens (including phenoxy) is 2. The molecule has 0 aromatic heterocycles. The maximum Gasteiger partial charge on any atom is 0.336 e. The van der Waals surface area contributed by atoms with Crippen molar-refractivity contribution in [3.63, 3.8) is 0 Å². The zero-order chi connectivity index (χ0) is 18.7. The van der Waals surface area contributed by atoms with Crippen LogP contribution in [0.15, 0.2) is 24.3 Å². The molecule has 2 saturated heterocycles. The van der Waals surface area contributed by atoms with Crippen molar-refractivity contribution in [3.05, 3.63) is 34.9 Å². The Labute approximate surface area is 155 Å². The molecule has 0 aliphatic carbocycles. The quantitative estimate of drug-likeness (QED) is 0.674. The average Bonchev–Trinajstić information content (AvgIpc) is 3.44. The number of hydrogen-bond donors (Lipinski definition) is 2. The van der Waals surface area contributed by atoms with Crippen molar-refractivity contribution in [1.82, 2.24) is 10.2 Å². The van der Waals surface area contributed by atoms with Crippen LogP contribution >= 0.6 is 11.6 Å². The molecule has 3 atom stereocenters. The van der Waals surface area contributed by atoms with Gasteiger partial charge in [0.15, 0.2) is 12.2 Å². The standard InChI is InChI=1S/C17H19ClN2O6/c18-11-3-1-10(2-4-11)9-12(16(22)20-5-7-25-8-6-20)19-15(21)13-14(26-13)17(23)24/h1-4,12-14H,5-9H2,(H,19,21)(H,23,24)/t12-,13-,14-/m0/s1. The predicted molar refractivity (Wildman–Crippen MR) is 90.8 cm³/mol. The molecule has 140 valence electrons. The topological polar surface area (TPSA) is 108 Å². The molecular weight excluding hydrogens is 364 g/mol. The number of benzene rings is 1. The molecule has 9 heteroatoms. The smallest absolute Gasteiger partial charge is 0.336 e. The van der Waals surface area contributed by atoms with Gasteiger partial charge in [-0.2, -0.15) is 0 Å². The van der Waals surface area contributed by atoms with Crippen LogP contribution in [-0.2, 0) is 30.3 Å². The molecule has 26 heavy (non-hydrogen) atoms. The van der Waals surface area contributed by atoms with Crippen LogP contribution in [0.1, 0.15) is 5.56 Å². The SMILES string of the molecule is O=C(O)[C@H]1O[C@@H]1C(=O)N[C@@H](Cc1ccc(Cl)cc1)C(=O)N1CCOCC1. The van der Waals surface area contributed by atoms with Gasteiger partial charge in [0.2, 0.25) is 5.91 Å². The summed E-state index contributed by atoms with van der Waals surface area (Å²) in [4.78, 5) is 37.6. The van der Waals surface area contributed by atoms with E-state index in [0.29, 0.717) is 31.3 Å². The van der Waals surface area contributed by atoms with Crippen molar-refractivity contribution in [2.75, 3.05) is 26.3 Å². The molecule has 1 aromatic rings. The largest absolute Gasteiger partial charge is 0.479 e. The molecule has 1 aromatic carbocycles. The number of carbonyl (C=O) groups is 3. The van der Waals surface area contributed by atoms with Gasteiger partial charge in [0.05, 0.1) is 13.2 Å². The first-order valence-corrected chi connectivity index (χ1v) is 8.63. The van der Waals surface area contributed by atoms with Crippen molar-refractivity contribution in [2.45, 2.75) is 24.7 Å². The lowest BCUT2D eigenvalue weighted by molar-refractivity contribution is -0.140. The van der Waals surface area contributed by atoms with Gasteiger partial charge in [0.1, 0.15) is 6.04 Å². The van der Waals surface area contributed by atoms with Gasteiger partial charge < -0.3 is 24.8 Å². The molecule has 2 aliphatic heterocycles. The highest BCUT2D eigenvalue weighted by Crippen LogP contribution is 2.23. The van der Waals surface area contributed by atoms with Crippen molar-refractivity contribution in [3.8, 4) is 0 Å². The second kappa shape index (κ2) is 8.03. The summed E-state index contributed by atoms with van der Waals surface area (Å²) in [6.07, 6.45) is -1.94. The Balaban J connectivity index is 1.70. The molecule has 0 saturated carbocycles. The second-order valence-electron chi connectivity index (χ2n) is 6.14. The predicted octanol–water partition coefficient (Wildman–Crippen LogP) is 0.0781. The zero-order valence-corrected chi connectivity index (χ0v) is 14.6. The number of amides is 2. The normalized spacial score (nSPS) is 23.2. The molecule has 2 N–H and O–H groups in total. The van der Waals surface area contributed by atoms with E-state index in [2.05, 4.69) is 5.32 Å². The molecule has 2 aliphatic rings. The number of morpholine rings is 1. The minimum atomic E-state index is -1.20. The lowest BCUT2D eigenvalue weighted by atomic mass is 10.0. The van der Waals surface area contributed by atoms with Gasteiger partial charge in [-0.05, 0) is 17.7 Å². The lowest BCUT2D eigenvalue weighted by Crippen LogP contribution is -2.53. The number of carbonyl (C=O) groups excluding carboxylic acids is 2. The molecular formula is C17H19ClN2O6. The first-order valence-electron chi connectivity index (χ1n) is 8.25. The summed E-state index contributed by atoms with van der Waals surface area (Å²) >= 11 is 5.88. The Hall–Kier alpha value is -2.16. The summed E-state index contributed by atoms with van der Waals surface area (Å²) in [6, 6.07) is 6.16. The van der Waals surface area contributed by atoms with Gasteiger partial charge in [-0.1, -0.05) is 23.7 Å². The lowest BCUT2D eigenvalue weighted by Gasteiger charge is -2.30. The Bertz CT molecular complexity index is 689. The molecule has 2 heterocycles. The van der Waals surface area contributed by atoms with Crippen LogP contribution in [0.3, 0.4) is 0 Å². The maximum atomic E-state index is 12.8. The summed E-state index contributed by atoms with van der Waals surface area (Å²) in [7, 11) is 0. The number of carboxylic acid groups (broad SMARTS) is 1. The molecule has 0 bridgehead atoms. The van der Waals surface area contributed by atoms with Gasteiger partial charge >= 0.3 is 5.97 Å². The van der Waals surface area contributed by atoms with E-state index in [1.165, 1.54) is 0 Å². The van der Waals surface area contributed by atoms with Gasteiger partial charge in [0.25, 0.3) is 5.91 Å². The molecule has 0 unspecified atom stereocenters. The van der Waals surface area contributed by atoms with Crippen LogP contribution in [0.5, 0.6) is 0 Å². The van der Waals surface area contributed by atoms with Crippen molar-refractivity contribution >= 4 is 29.4 Å². The van der Waals surface area contributed by atoms with Gasteiger partial charge in [-0.25, -0.2) is 4.79 Å². The number of rotatable bonds is 6. The zero-order valence-electron chi connectivity index (χ0n) is 13.9. The summed E-state index contributed by atoms with van der Waals surface area (Å²) in [5.41, 5.74) is 0.827. The van der Waals surface area contributed by atoms with Crippen molar-refractivity contribution in [2.24, 2.45) is 0 Å². The summed E-state index contributed by atoms with van der Waals surface area (Å²) in [5, 5.41) is 12.1. The summed E-state index contributed by atoms with van der Waals surface area (Å²) in [6.45, 7) is 1.79. The molecule has 2 fully saturated rings. The Morgan fingerprint density at radius 1 is 1.19 bits per heavy atom. The molecule has 8 nitrogen and oxygen atoms in total. The Morgan fingerprint density at radius 2 is 1.85 bits per heavy atom. The number of carboxylic acids is 1. The van der Waals surface area contributed by atoms with E-state index in [-0.39, 0.29) is 12.3 Å². The van der Waals surface area contributed by atoms with E-state index in [0.717, 1.165) is 5.56 Å². The van der Waals surface area contributed by atoms with Crippen LogP contribution in [0, 0.1) is 0 Å². The Morgan fingerprint density at radius 3 is 2.42 bits per heavy atom. The third-order valence-electron chi connectivity index (χ3n) is 4.28. The van der Waals surface area contributed by atoms with Crippen LogP contribution in [0.2, 0.25) is 5.02 Å². The van der Waals surface area contributed by atoms with E-state index in [1.807, 2.05) is 0 Å². The number of epoxide rings is 1. The molecule has 0 radical (unpaired) electrons. The third kappa shape index (κ3) is 4.51. The van der Waals surface area contributed by atoms with Crippen LogP contribution in [0.4, 0.5) is 0 Å². The highest BCUT2D eigenvalue weighted by molar-refractivity contribution is 6.30. The highest BCUT2D eigenvalue weighted by atomic mass is 35.5. The molecule has 0 spiro atoms. The second-order valence-corrected chi connectivity index (χ2v) is 6.58. The van der Waals surface area contributed by atoms with E-state index in [9.17, 15) is 14.4 Å². The maximum absolute atomic E-state index is 12.8. The number of halogens is 1. The van der Waals surface area contributed by atoms with Crippen molar-refractivity contribution < 1.29 is 29.0 Å².